The third kappa shape index (κ3) is 4.25. The van der Waals surface area contributed by atoms with E-state index in [9.17, 15) is 0 Å². The van der Waals surface area contributed by atoms with Crippen LogP contribution >= 0.6 is 11.6 Å². The molecule has 0 aliphatic rings. The number of hydrogen-bond donors (Lipinski definition) is 0. The molecule has 15 heavy (non-hydrogen) atoms. The van der Waals surface area contributed by atoms with Crippen molar-refractivity contribution in [3.05, 3.63) is 18.0 Å². The second kappa shape index (κ2) is 6.16. The molecule has 3 heteroatoms. The molecule has 1 aromatic heterocycles. The Kier molecular flexibility index (Phi) is 5.16. The van der Waals surface area contributed by atoms with Crippen LogP contribution in [0.4, 0.5) is 0 Å². The number of aromatic nitrogens is 2. The van der Waals surface area contributed by atoms with Gasteiger partial charge in [0, 0.05) is 18.1 Å². The summed E-state index contributed by atoms with van der Waals surface area (Å²) in [5.41, 5.74) is 1.32. The van der Waals surface area contributed by atoms with E-state index in [1.54, 1.807) is 0 Å². The fourth-order valence-corrected chi connectivity index (χ4v) is 1.70. The van der Waals surface area contributed by atoms with Gasteiger partial charge in [0.15, 0.2) is 0 Å². The molecule has 0 aliphatic carbocycles. The van der Waals surface area contributed by atoms with Gasteiger partial charge in [-0.2, -0.15) is 5.10 Å². The molecule has 0 bridgehead atoms. The first kappa shape index (κ1) is 12.6. The van der Waals surface area contributed by atoms with Gasteiger partial charge in [-0.15, -0.1) is 11.6 Å². The number of aryl methyl sites for hydroxylation is 2. The van der Waals surface area contributed by atoms with Crippen molar-refractivity contribution in [3.8, 4) is 0 Å². The van der Waals surface area contributed by atoms with Crippen LogP contribution in [0.15, 0.2) is 12.4 Å². The predicted molar refractivity (Wildman–Crippen MR) is 65.3 cm³/mol. The third-order valence-corrected chi connectivity index (χ3v) is 3.40. The number of alkyl halides is 1. The summed E-state index contributed by atoms with van der Waals surface area (Å²) >= 11 is 6.19. The van der Waals surface area contributed by atoms with E-state index in [-0.39, 0.29) is 0 Å². The average molecular weight is 229 g/mol. The van der Waals surface area contributed by atoms with Crippen molar-refractivity contribution in [2.45, 2.75) is 52.0 Å². The lowest BCUT2D eigenvalue weighted by Gasteiger charge is -2.11. The van der Waals surface area contributed by atoms with Crippen LogP contribution in [0, 0.1) is 5.92 Å². The normalized spacial score (nSPS) is 13.4. The molecule has 0 aliphatic heterocycles. The molecule has 0 radical (unpaired) electrons. The smallest absolute Gasteiger partial charge is 0.0521 e. The Morgan fingerprint density at radius 1 is 1.47 bits per heavy atom. The van der Waals surface area contributed by atoms with Crippen LogP contribution in [-0.2, 0) is 13.0 Å². The van der Waals surface area contributed by atoms with Crippen LogP contribution in [0.25, 0.3) is 0 Å². The Morgan fingerprint density at radius 3 is 2.73 bits per heavy atom. The minimum atomic E-state index is 0.311. The monoisotopic (exact) mass is 228 g/mol. The summed E-state index contributed by atoms with van der Waals surface area (Å²) in [4.78, 5) is 0. The molecule has 0 saturated heterocycles. The molecule has 0 amide bonds. The summed E-state index contributed by atoms with van der Waals surface area (Å²) in [6.07, 6.45) is 7.43. The fourth-order valence-electron chi connectivity index (χ4n) is 1.54. The van der Waals surface area contributed by atoms with Crippen molar-refractivity contribution in [3.63, 3.8) is 0 Å². The van der Waals surface area contributed by atoms with Gasteiger partial charge in [-0.25, -0.2) is 0 Å². The van der Waals surface area contributed by atoms with Gasteiger partial charge in [-0.1, -0.05) is 13.8 Å². The highest BCUT2D eigenvalue weighted by molar-refractivity contribution is 6.20. The molecule has 0 aromatic carbocycles. The SMILES string of the molecule is CCn1cc(CCCC(Cl)C(C)C)cn1. The molecule has 86 valence electrons. The van der Waals surface area contributed by atoms with Crippen LogP contribution in [-0.4, -0.2) is 15.2 Å². The minimum Gasteiger partial charge on any atom is -0.273 e. The number of nitrogens with zero attached hydrogens (tertiary/aromatic N) is 2. The lowest BCUT2D eigenvalue weighted by atomic mass is 10.0. The molecule has 0 spiro atoms. The molecule has 1 heterocycles. The molecule has 1 rings (SSSR count). The van der Waals surface area contributed by atoms with Gasteiger partial charge in [0.1, 0.15) is 0 Å². The fraction of sp³-hybridized carbons (Fsp3) is 0.750. The van der Waals surface area contributed by atoms with Crippen LogP contribution in [0.3, 0.4) is 0 Å². The summed E-state index contributed by atoms with van der Waals surface area (Å²) in [5, 5.41) is 4.56. The van der Waals surface area contributed by atoms with Gasteiger partial charge in [0.25, 0.3) is 0 Å². The van der Waals surface area contributed by atoms with E-state index in [0.29, 0.717) is 11.3 Å². The van der Waals surface area contributed by atoms with Gasteiger partial charge >= 0.3 is 0 Å². The summed E-state index contributed by atoms with van der Waals surface area (Å²) in [7, 11) is 0. The van der Waals surface area contributed by atoms with Crippen molar-refractivity contribution in [1.29, 1.82) is 0 Å². The molecule has 1 aromatic rings. The van der Waals surface area contributed by atoms with Crippen molar-refractivity contribution < 1.29 is 0 Å². The lowest BCUT2D eigenvalue weighted by Crippen LogP contribution is -2.07. The van der Waals surface area contributed by atoms with Gasteiger partial charge in [0.2, 0.25) is 0 Å². The maximum Gasteiger partial charge on any atom is 0.0521 e. The Hall–Kier alpha value is -0.500. The highest BCUT2D eigenvalue weighted by atomic mass is 35.5. The number of rotatable bonds is 6. The summed E-state index contributed by atoms with van der Waals surface area (Å²) in [6.45, 7) is 7.40. The molecule has 0 fully saturated rings. The number of hydrogen-bond acceptors (Lipinski definition) is 1. The van der Waals surface area contributed by atoms with E-state index in [0.717, 1.165) is 25.8 Å². The quantitative estimate of drug-likeness (QED) is 0.682. The maximum absolute atomic E-state index is 6.19. The zero-order chi connectivity index (χ0) is 11.3. The highest BCUT2D eigenvalue weighted by Gasteiger charge is 2.09. The van der Waals surface area contributed by atoms with Gasteiger partial charge in [-0.05, 0) is 37.7 Å². The maximum atomic E-state index is 6.19. The third-order valence-electron chi connectivity index (χ3n) is 2.68. The second-order valence-electron chi connectivity index (χ2n) is 4.36. The lowest BCUT2D eigenvalue weighted by molar-refractivity contribution is 0.547. The van der Waals surface area contributed by atoms with Crippen molar-refractivity contribution in [1.82, 2.24) is 9.78 Å². The molecule has 2 nitrogen and oxygen atoms in total. The van der Waals surface area contributed by atoms with Crippen molar-refractivity contribution in [2.75, 3.05) is 0 Å². The van der Waals surface area contributed by atoms with E-state index >= 15 is 0 Å². The van der Waals surface area contributed by atoms with E-state index in [4.69, 9.17) is 11.6 Å². The molecule has 1 unspecified atom stereocenters. The van der Waals surface area contributed by atoms with Crippen LogP contribution in [0.2, 0.25) is 0 Å². The summed E-state index contributed by atoms with van der Waals surface area (Å²) < 4.78 is 1.97. The average Bonchev–Trinajstić information content (AvgIpc) is 2.65. The Labute approximate surface area is 97.6 Å². The highest BCUT2D eigenvalue weighted by Crippen LogP contribution is 2.16. The summed E-state index contributed by atoms with van der Waals surface area (Å²) in [6, 6.07) is 0. The van der Waals surface area contributed by atoms with Crippen LogP contribution in [0.5, 0.6) is 0 Å². The molecule has 0 N–H and O–H groups in total. The predicted octanol–water partition coefficient (Wildman–Crippen LogP) is 3.49. The first-order valence-corrected chi connectivity index (χ1v) is 6.22. The summed E-state index contributed by atoms with van der Waals surface area (Å²) in [5.74, 6) is 0.574. The van der Waals surface area contributed by atoms with Gasteiger partial charge < -0.3 is 0 Å². The first-order valence-electron chi connectivity index (χ1n) is 5.79. The zero-order valence-electron chi connectivity index (χ0n) is 9.91. The number of halogens is 1. The van der Waals surface area contributed by atoms with Crippen LogP contribution < -0.4 is 0 Å². The zero-order valence-corrected chi connectivity index (χ0v) is 10.7. The molecule has 1 atom stereocenters. The van der Waals surface area contributed by atoms with Gasteiger partial charge in [-0.3, -0.25) is 4.68 Å². The molecule has 0 saturated carbocycles. The Morgan fingerprint density at radius 2 is 2.20 bits per heavy atom. The Bertz CT molecular complexity index is 281. The Balaban J connectivity index is 2.25. The van der Waals surface area contributed by atoms with Crippen LogP contribution in [0.1, 0.15) is 39.2 Å². The topological polar surface area (TPSA) is 17.8 Å². The van der Waals surface area contributed by atoms with E-state index in [1.807, 2.05) is 10.9 Å². The molecular formula is C12H21ClN2. The van der Waals surface area contributed by atoms with E-state index in [1.165, 1.54) is 5.56 Å². The largest absolute Gasteiger partial charge is 0.273 e. The van der Waals surface area contributed by atoms with Crippen molar-refractivity contribution >= 4 is 11.6 Å². The van der Waals surface area contributed by atoms with E-state index in [2.05, 4.69) is 32.1 Å². The van der Waals surface area contributed by atoms with Gasteiger partial charge in [0.05, 0.1) is 6.20 Å². The molecular weight excluding hydrogens is 208 g/mol. The minimum absolute atomic E-state index is 0.311. The van der Waals surface area contributed by atoms with E-state index < -0.39 is 0 Å². The first-order chi connectivity index (χ1) is 7.13. The standard InChI is InChI=1S/C12H21ClN2/c1-4-15-9-11(8-14-15)6-5-7-12(13)10(2)3/h8-10,12H,4-7H2,1-3H3. The second-order valence-corrected chi connectivity index (χ2v) is 4.92. The van der Waals surface area contributed by atoms with Crippen molar-refractivity contribution in [2.24, 2.45) is 5.92 Å².